The predicted molar refractivity (Wildman–Crippen MR) is 82.6 cm³/mol. The Bertz CT molecular complexity index is 513. The van der Waals surface area contributed by atoms with Crippen LogP contribution in [0.25, 0.3) is 0 Å². The Kier molecular flexibility index (Phi) is 5.50. The van der Waals surface area contributed by atoms with Crippen LogP contribution in [0.3, 0.4) is 0 Å². The van der Waals surface area contributed by atoms with Gasteiger partial charge in [-0.15, -0.1) is 0 Å². The maximum atomic E-state index is 4.64. The number of anilines is 1. The van der Waals surface area contributed by atoms with Gasteiger partial charge in [0.25, 0.3) is 0 Å². The average Bonchev–Trinajstić information content (AvgIpc) is 2.49. The molecule has 0 unspecified atom stereocenters. The molecule has 106 valence electrons. The first kappa shape index (κ1) is 14.5. The summed E-state index contributed by atoms with van der Waals surface area (Å²) >= 11 is 0. The van der Waals surface area contributed by atoms with Gasteiger partial charge in [0, 0.05) is 26.3 Å². The SMILES string of the molecule is CCCNCc1cncc(N(C)Cc2ccccc2)n1. The van der Waals surface area contributed by atoms with Crippen LogP contribution in [-0.2, 0) is 13.1 Å². The number of nitrogens with one attached hydrogen (secondary N) is 1. The van der Waals surface area contributed by atoms with Gasteiger partial charge in [0.1, 0.15) is 5.82 Å². The van der Waals surface area contributed by atoms with E-state index in [1.165, 1.54) is 5.56 Å². The summed E-state index contributed by atoms with van der Waals surface area (Å²) in [5.41, 5.74) is 2.25. The van der Waals surface area contributed by atoms with Gasteiger partial charge in [0.2, 0.25) is 0 Å². The molecule has 0 fully saturated rings. The van der Waals surface area contributed by atoms with Crippen LogP contribution in [-0.4, -0.2) is 23.6 Å². The first-order chi connectivity index (χ1) is 9.79. The Labute approximate surface area is 120 Å². The van der Waals surface area contributed by atoms with Gasteiger partial charge < -0.3 is 10.2 Å². The topological polar surface area (TPSA) is 41.1 Å². The number of hydrogen-bond donors (Lipinski definition) is 1. The van der Waals surface area contributed by atoms with E-state index in [0.717, 1.165) is 37.6 Å². The lowest BCUT2D eigenvalue weighted by Crippen LogP contribution is -2.20. The maximum Gasteiger partial charge on any atom is 0.147 e. The molecule has 0 aliphatic rings. The highest BCUT2D eigenvalue weighted by Gasteiger charge is 2.05. The molecule has 2 rings (SSSR count). The highest BCUT2D eigenvalue weighted by molar-refractivity contribution is 5.36. The van der Waals surface area contributed by atoms with Crippen molar-refractivity contribution in [2.75, 3.05) is 18.5 Å². The molecule has 0 spiro atoms. The zero-order valence-electron chi connectivity index (χ0n) is 12.2. The Hall–Kier alpha value is -1.94. The van der Waals surface area contributed by atoms with Crippen LogP contribution >= 0.6 is 0 Å². The fraction of sp³-hybridized carbons (Fsp3) is 0.375. The summed E-state index contributed by atoms with van der Waals surface area (Å²) < 4.78 is 0. The van der Waals surface area contributed by atoms with Gasteiger partial charge in [-0.1, -0.05) is 37.3 Å². The second-order valence-corrected chi connectivity index (χ2v) is 4.89. The van der Waals surface area contributed by atoms with Crippen molar-refractivity contribution < 1.29 is 0 Å². The Morgan fingerprint density at radius 3 is 2.70 bits per heavy atom. The minimum absolute atomic E-state index is 0.772. The van der Waals surface area contributed by atoms with Crippen molar-refractivity contribution in [3.63, 3.8) is 0 Å². The van der Waals surface area contributed by atoms with E-state index in [9.17, 15) is 0 Å². The lowest BCUT2D eigenvalue weighted by molar-refractivity contribution is 0.661. The van der Waals surface area contributed by atoms with Crippen molar-refractivity contribution >= 4 is 5.82 Å². The van der Waals surface area contributed by atoms with Crippen molar-refractivity contribution in [1.82, 2.24) is 15.3 Å². The second-order valence-electron chi connectivity index (χ2n) is 4.89. The third kappa shape index (κ3) is 4.31. The van der Waals surface area contributed by atoms with Gasteiger partial charge in [0.15, 0.2) is 0 Å². The highest BCUT2D eigenvalue weighted by Crippen LogP contribution is 2.11. The molecule has 1 N–H and O–H groups in total. The average molecular weight is 270 g/mol. The number of hydrogen-bond acceptors (Lipinski definition) is 4. The summed E-state index contributed by atoms with van der Waals surface area (Å²) in [6, 6.07) is 10.4. The first-order valence-corrected chi connectivity index (χ1v) is 7.06. The summed E-state index contributed by atoms with van der Waals surface area (Å²) in [6.07, 6.45) is 4.76. The van der Waals surface area contributed by atoms with Crippen LogP contribution in [0, 0.1) is 0 Å². The Morgan fingerprint density at radius 2 is 1.95 bits per heavy atom. The van der Waals surface area contributed by atoms with Crippen molar-refractivity contribution in [1.29, 1.82) is 0 Å². The standard InChI is InChI=1S/C16H22N4/c1-3-9-17-10-15-11-18-12-16(19-15)20(2)13-14-7-5-4-6-8-14/h4-8,11-12,17H,3,9-10,13H2,1-2H3. The predicted octanol–water partition coefficient (Wildman–Crippen LogP) is 2.61. The van der Waals surface area contributed by atoms with Crippen LogP contribution in [0.15, 0.2) is 42.7 Å². The van der Waals surface area contributed by atoms with E-state index in [1.54, 1.807) is 0 Å². The number of benzene rings is 1. The molecule has 4 heteroatoms. The molecule has 0 atom stereocenters. The summed E-state index contributed by atoms with van der Waals surface area (Å²) in [7, 11) is 2.04. The molecule has 2 aromatic rings. The van der Waals surface area contributed by atoms with Gasteiger partial charge in [-0.2, -0.15) is 0 Å². The van der Waals surface area contributed by atoms with Crippen LogP contribution in [0.2, 0.25) is 0 Å². The zero-order valence-corrected chi connectivity index (χ0v) is 12.2. The summed E-state index contributed by atoms with van der Waals surface area (Å²) in [5.74, 6) is 0.907. The van der Waals surface area contributed by atoms with Gasteiger partial charge in [0.05, 0.1) is 11.9 Å². The number of rotatable bonds is 7. The quantitative estimate of drug-likeness (QED) is 0.785. The fourth-order valence-corrected chi connectivity index (χ4v) is 2.00. The minimum atomic E-state index is 0.772. The van der Waals surface area contributed by atoms with Crippen molar-refractivity contribution in [3.05, 3.63) is 54.0 Å². The first-order valence-electron chi connectivity index (χ1n) is 7.06. The van der Waals surface area contributed by atoms with E-state index in [4.69, 9.17) is 0 Å². The Morgan fingerprint density at radius 1 is 1.15 bits per heavy atom. The van der Waals surface area contributed by atoms with Crippen molar-refractivity contribution in [2.24, 2.45) is 0 Å². The lowest BCUT2D eigenvalue weighted by atomic mass is 10.2. The van der Waals surface area contributed by atoms with Gasteiger partial charge in [-0.05, 0) is 18.5 Å². The molecule has 1 aromatic heterocycles. The molecule has 0 radical (unpaired) electrons. The monoisotopic (exact) mass is 270 g/mol. The third-order valence-electron chi connectivity index (χ3n) is 3.06. The van der Waals surface area contributed by atoms with E-state index in [-0.39, 0.29) is 0 Å². The van der Waals surface area contributed by atoms with Crippen LogP contribution in [0.4, 0.5) is 5.82 Å². The summed E-state index contributed by atoms with van der Waals surface area (Å²) in [6.45, 7) is 4.77. The smallest absolute Gasteiger partial charge is 0.147 e. The number of nitrogens with zero attached hydrogens (tertiary/aromatic N) is 3. The van der Waals surface area contributed by atoms with Crippen LogP contribution in [0.1, 0.15) is 24.6 Å². The van der Waals surface area contributed by atoms with E-state index in [0.29, 0.717) is 0 Å². The van der Waals surface area contributed by atoms with E-state index >= 15 is 0 Å². The highest BCUT2D eigenvalue weighted by atomic mass is 15.2. The molecule has 0 bridgehead atoms. The third-order valence-corrected chi connectivity index (χ3v) is 3.06. The van der Waals surface area contributed by atoms with Crippen molar-refractivity contribution in [2.45, 2.75) is 26.4 Å². The molecular weight excluding hydrogens is 248 g/mol. The molecule has 20 heavy (non-hydrogen) atoms. The minimum Gasteiger partial charge on any atom is -0.354 e. The molecule has 1 heterocycles. The van der Waals surface area contributed by atoms with Gasteiger partial charge in [-0.25, -0.2) is 4.98 Å². The summed E-state index contributed by atoms with van der Waals surface area (Å²) in [5, 5.41) is 3.35. The van der Waals surface area contributed by atoms with Gasteiger partial charge in [-0.3, -0.25) is 4.98 Å². The molecule has 0 aliphatic heterocycles. The molecular formula is C16H22N4. The largest absolute Gasteiger partial charge is 0.354 e. The lowest BCUT2D eigenvalue weighted by Gasteiger charge is -2.18. The maximum absolute atomic E-state index is 4.64. The Balaban J connectivity index is 1.99. The van der Waals surface area contributed by atoms with E-state index < -0.39 is 0 Å². The molecule has 0 saturated carbocycles. The molecule has 0 amide bonds. The second kappa shape index (κ2) is 7.60. The van der Waals surface area contributed by atoms with Gasteiger partial charge >= 0.3 is 0 Å². The van der Waals surface area contributed by atoms with E-state index in [2.05, 4.69) is 51.4 Å². The molecule has 4 nitrogen and oxygen atoms in total. The summed E-state index contributed by atoms with van der Waals surface area (Å²) in [4.78, 5) is 11.0. The molecule has 0 saturated heterocycles. The van der Waals surface area contributed by atoms with Crippen molar-refractivity contribution in [3.8, 4) is 0 Å². The van der Waals surface area contributed by atoms with Crippen LogP contribution < -0.4 is 10.2 Å². The molecule has 1 aromatic carbocycles. The van der Waals surface area contributed by atoms with E-state index in [1.807, 2.05) is 25.5 Å². The normalized spacial score (nSPS) is 10.5. The number of aromatic nitrogens is 2. The fourth-order valence-electron chi connectivity index (χ4n) is 2.00. The van der Waals surface area contributed by atoms with Crippen LogP contribution in [0.5, 0.6) is 0 Å². The zero-order chi connectivity index (χ0) is 14.2. The molecule has 0 aliphatic carbocycles.